The van der Waals surface area contributed by atoms with E-state index >= 15 is 0 Å². The summed E-state index contributed by atoms with van der Waals surface area (Å²) >= 11 is 0. The molecular formula is C16H17N3O. The molecule has 3 aromatic rings. The van der Waals surface area contributed by atoms with Gasteiger partial charge in [0.2, 0.25) is 5.88 Å². The van der Waals surface area contributed by atoms with E-state index < -0.39 is 0 Å². The first-order valence-electron chi connectivity index (χ1n) is 6.75. The van der Waals surface area contributed by atoms with E-state index in [1.165, 1.54) is 0 Å². The average molecular weight is 267 g/mol. The minimum atomic E-state index is 0.384. The lowest BCUT2D eigenvalue weighted by atomic mass is 10.1. The molecule has 0 atom stereocenters. The number of ether oxygens (including phenoxy) is 1. The molecule has 4 nitrogen and oxygen atoms in total. The van der Waals surface area contributed by atoms with Crippen LogP contribution in [0.4, 0.5) is 0 Å². The number of benzene rings is 1. The highest BCUT2D eigenvalue weighted by atomic mass is 16.5. The van der Waals surface area contributed by atoms with Crippen LogP contribution in [0.25, 0.3) is 5.65 Å². The molecule has 0 aliphatic rings. The van der Waals surface area contributed by atoms with Gasteiger partial charge < -0.3 is 10.5 Å². The number of aromatic nitrogens is 2. The van der Waals surface area contributed by atoms with Crippen molar-refractivity contribution < 1.29 is 4.74 Å². The summed E-state index contributed by atoms with van der Waals surface area (Å²) in [6.07, 6.45) is 2.87. The molecule has 1 aromatic carbocycles. The van der Waals surface area contributed by atoms with Gasteiger partial charge in [-0.1, -0.05) is 31.2 Å². The fourth-order valence-electron chi connectivity index (χ4n) is 2.29. The van der Waals surface area contributed by atoms with Crippen LogP contribution in [-0.4, -0.2) is 9.38 Å². The predicted octanol–water partition coefficient (Wildman–Crippen LogP) is 3.15. The summed E-state index contributed by atoms with van der Waals surface area (Å²) in [4.78, 5) is 4.51. The highest BCUT2D eigenvalue weighted by molar-refractivity contribution is 5.47. The van der Waals surface area contributed by atoms with Gasteiger partial charge in [-0.15, -0.1) is 0 Å². The minimum absolute atomic E-state index is 0.384. The van der Waals surface area contributed by atoms with Crippen molar-refractivity contribution in [2.45, 2.75) is 19.9 Å². The molecule has 3 rings (SSSR count). The van der Waals surface area contributed by atoms with E-state index in [9.17, 15) is 0 Å². The van der Waals surface area contributed by atoms with Crippen LogP contribution >= 0.6 is 0 Å². The van der Waals surface area contributed by atoms with Crippen molar-refractivity contribution in [3.8, 4) is 11.6 Å². The number of fused-ring (bicyclic) bond motifs is 1. The molecule has 0 saturated carbocycles. The first-order valence-corrected chi connectivity index (χ1v) is 6.75. The molecular weight excluding hydrogens is 250 g/mol. The van der Waals surface area contributed by atoms with Crippen LogP contribution in [0.5, 0.6) is 11.6 Å². The molecule has 0 radical (unpaired) electrons. The van der Waals surface area contributed by atoms with Crippen molar-refractivity contribution in [2.24, 2.45) is 5.73 Å². The third-order valence-electron chi connectivity index (χ3n) is 3.35. The Morgan fingerprint density at radius 2 is 1.95 bits per heavy atom. The molecule has 0 fully saturated rings. The van der Waals surface area contributed by atoms with Gasteiger partial charge in [0.15, 0.2) is 0 Å². The fraction of sp³-hybridized carbons (Fsp3) is 0.188. The lowest BCUT2D eigenvalue weighted by molar-refractivity contribution is 0.454. The van der Waals surface area contributed by atoms with Crippen molar-refractivity contribution in [3.63, 3.8) is 0 Å². The second kappa shape index (κ2) is 5.35. The molecule has 0 unspecified atom stereocenters. The maximum Gasteiger partial charge on any atom is 0.242 e. The maximum atomic E-state index is 6.00. The number of nitrogens with two attached hydrogens (primary N) is 1. The van der Waals surface area contributed by atoms with Crippen LogP contribution in [0.2, 0.25) is 0 Å². The summed E-state index contributed by atoms with van der Waals surface area (Å²) in [6.45, 7) is 2.49. The zero-order valence-electron chi connectivity index (χ0n) is 11.4. The Kier molecular flexibility index (Phi) is 3.39. The summed E-state index contributed by atoms with van der Waals surface area (Å²) in [7, 11) is 0. The summed E-state index contributed by atoms with van der Waals surface area (Å²) < 4.78 is 7.96. The normalized spacial score (nSPS) is 10.9. The van der Waals surface area contributed by atoms with Crippen LogP contribution in [0.15, 0.2) is 48.7 Å². The van der Waals surface area contributed by atoms with Crippen molar-refractivity contribution in [1.29, 1.82) is 0 Å². The summed E-state index contributed by atoms with van der Waals surface area (Å²) in [5, 5.41) is 0. The molecule has 0 aliphatic carbocycles. The summed E-state index contributed by atoms with van der Waals surface area (Å²) in [5.74, 6) is 1.42. The lowest BCUT2D eigenvalue weighted by Crippen LogP contribution is -2.02. The van der Waals surface area contributed by atoms with Gasteiger partial charge in [-0.25, -0.2) is 0 Å². The smallest absolute Gasteiger partial charge is 0.242 e. The average Bonchev–Trinajstić information content (AvgIpc) is 2.85. The maximum absolute atomic E-state index is 6.00. The number of hydrogen-bond donors (Lipinski definition) is 1. The van der Waals surface area contributed by atoms with Gasteiger partial charge in [0.05, 0.1) is 0 Å². The fourth-order valence-corrected chi connectivity index (χ4v) is 2.29. The van der Waals surface area contributed by atoms with Crippen LogP contribution in [0, 0.1) is 0 Å². The Morgan fingerprint density at radius 3 is 2.75 bits per heavy atom. The van der Waals surface area contributed by atoms with Crippen molar-refractivity contribution in [2.75, 3.05) is 0 Å². The largest absolute Gasteiger partial charge is 0.437 e. The molecule has 4 heteroatoms. The Bertz CT molecular complexity index is 733. The zero-order chi connectivity index (χ0) is 13.9. The lowest BCUT2D eigenvalue weighted by Gasteiger charge is -2.08. The molecule has 0 bridgehead atoms. The van der Waals surface area contributed by atoms with Crippen LogP contribution in [-0.2, 0) is 13.0 Å². The third-order valence-corrected chi connectivity index (χ3v) is 3.35. The van der Waals surface area contributed by atoms with E-state index in [1.807, 2.05) is 47.0 Å². The zero-order valence-corrected chi connectivity index (χ0v) is 11.4. The van der Waals surface area contributed by atoms with E-state index in [2.05, 4.69) is 18.0 Å². The number of para-hydroxylation sites is 1. The Balaban J connectivity index is 2.06. The SMILES string of the molecule is CCc1ccccc1Oc1nc2ccccn2c1CN. The number of aryl methyl sites for hydroxylation is 1. The molecule has 20 heavy (non-hydrogen) atoms. The van der Waals surface area contributed by atoms with E-state index in [4.69, 9.17) is 10.5 Å². The van der Waals surface area contributed by atoms with Crippen molar-refractivity contribution >= 4 is 5.65 Å². The van der Waals surface area contributed by atoms with Gasteiger partial charge in [-0.05, 0) is 30.2 Å². The monoisotopic (exact) mass is 267 g/mol. The summed E-state index contributed by atoms with van der Waals surface area (Å²) in [6, 6.07) is 13.9. The molecule has 0 aliphatic heterocycles. The molecule has 0 saturated heterocycles. The van der Waals surface area contributed by atoms with Gasteiger partial charge in [-0.3, -0.25) is 4.40 Å². The number of pyridine rings is 1. The Hall–Kier alpha value is -2.33. The Labute approximate surface area is 117 Å². The standard InChI is InChI=1S/C16H17N3O/c1-2-12-7-3-4-8-14(12)20-16-13(11-17)19-10-6-5-9-15(19)18-16/h3-10H,2,11,17H2,1H3. The molecule has 2 aromatic heterocycles. The van der Waals surface area contributed by atoms with E-state index in [1.54, 1.807) is 0 Å². The number of nitrogens with zero attached hydrogens (tertiary/aromatic N) is 2. The second-order valence-electron chi connectivity index (χ2n) is 4.56. The van der Waals surface area contributed by atoms with Crippen molar-refractivity contribution in [1.82, 2.24) is 9.38 Å². The van der Waals surface area contributed by atoms with E-state index in [0.717, 1.165) is 29.1 Å². The van der Waals surface area contributed by atoms with Crippen LogP contribution in [0.3, 0.4) is 0 Å². The van der Waals surface area contributed by atoms with Gasteiger partial charge >= 0.3 is 0 Å². The van der Waals surface area contributed by atoms with Crippen LogP contribution in [0.1, 0.15) is 18.2 Å². The van der Waals surface area contributed by atoms with Gasteiger partial charge in [0.25, 0.3) is 0 Å². The van der Waals surface area contributed by atoms with E-state index in [0.29, 0.717) is 12.4 Å². The first-order chi connectivity index (χ1) is 9.83. The number of rotatable bonds is 4. The third kappa shape index (κ3) is 2.14. The topological polar surface area (TPSA) is 52.5 Å². The van der Waals surface area contributed by atoms with Crippen LogP contribution < -0.4 is 10.5 Å². The first kappa shape index (κ1) is 12.7. The molecule has 102 valence electrons. The molecule has 0 spiro atoms. The Morgan fingerprint density at radius 1 is 1.15 bits per heavy atom. The number of imidazole rings is 1. The highest BCUT2D eigenvalue weighted by Crippen LogP contribution is 2.28. The van der Waals surface area contributed by atoms with Gasteiger partial charge in [0.1, 0.15) is 17.1 Å². The minimum Gasteiger partial charge on any atom is -0.437 e. The predicted molar refractivity (Wildman–Crippen MR) is 79.0 cm³/mol. The molecule has 2 heterocycles. The van der Waals surface area contributed by atoms with Crippen molar-refractivity contribution in [3.05, 3.63) is 59.9 Å². The second-order valence-corrected chi connectivity index (χ2v) is 4.56. The summed E-state index contributed by atoms with van der Waals surface area (Å²) in [5.41, 5.74) is 8.73. The quantitative estimate of drug-likeness (QED) is 0.790. The van der Waals surface area contributed by atoms with E-state index in [-0.39, 0.29) is 0 Å². The van der Waals surface area contributed by atoms with Gasteiger partial charge in [-0.2, -0.15) is 4.98 Å². The molecule has 0 amide bonds. The molecule has 2 N–H and O–H groups in total. The highest BCUT2D eigenvalue weighted by Gasteiger charge is 2.13. The van der Waals surface area contributed by atoms with Gasteiger partial charge in [0, 0.05) is 12.7 Å². The number of hydrogen-bond acceptors (Lipinski definition) is 3.